The Hall–Kier alpha value is -1.42. The maximum Gasteiger partial charge on any atom is 0.231 e. The topological polar surface area (TPSA) is 46.2 Å². The van der Waals surface area contributed by atoms with Crippen LogP contribution in [-0.4, -0.2) is 11.7 Å². The van der Waals surface area contributed by atoms with E-state index >= 15 is 0 Å². The lowest BCUT2D eigenvalue weighted by Gasteiger charge is -2.06. The van der Waals surface area contributed by atoms with Crippen molar-refractivity contribution >= 4 is 29.0 Å². The molecular weight excluding hydrogens is 221 g/mol. The van der Waals surface area contributed by atoms with Gasteiger partial charge >= 0.3 is 0 Å². The largest absolute Gasteiger partial charge is 0.322 e. The van der Waals surface area contributed by atoms with Gasteiger partial charge in [-0.1, -0.05) is 17.7 Å². The lowest BCUT2D eigenvalue weighted by Crippen LogP contribution is -2.15. The van der Waals surface area contributed by atoms with E-state index in [0.717, 1.165) is 0 Å². The third-order valence-corrected chi connectivity index (χ3v) is 1.95. The van der Waals surface area contributed by atoms with Crippen molar-refractivity contribution < 1.29 is 14.0 Å². The second kappa shape index (κ2) is 4.89. The number of Topliss-reactive ketones (excluding diaryl/α,β-unsaturated/α-hetero) is 1. The smallest absolute Gasteiger partial charge is 0.231 e. The number of para-hydroxylation sites is 1. The number of carbonyl (C=O) groups is 2. The highest BCUT2D eigenvalue weighted by Crippen LogP contribution is 2.24. The normalized spacial score (nSPS) is 9.80. The van der Waals surface area contributed by atoms with E-state index in [0.29, 0.717) is 0 Å². The first-order valence-electron chi connectivity index (χ1n) is 4.24. The lowest BCUT2D eigenvalue weighted by atomic mass is 10.2. The fraction of sp³-hybridized carbons (Fsp3) is 0.200. The quantitative estimate of drug-likeness (QED) is 0.809. The van der Waals surface area contributed by atoms with Gasteiger partial charge in [0.25, 0.3) is 0 Å². The van der Waals surface area contributed by atoms with Crippen LogP contribution in [0.5, 0.6) is 0 Å². The number of halogens is 2. The van der Waals surface area contributed by atoms with Crippen molar-refractivity contribution in [3.8, 4) is 0 Å². The van der Waals surface area contributed by atoms with Gasteiger partial charge in [0.05, 0.1) is 17.1 Å². The highest BCUT2D eigenvalue weighted by molar-refractivity contribution is 6.33. The van der Waals surface area contributed by atoms with Gasteiger partial charge in [0.1, 0.15) is 11.6 Å². The number of carbonyl (C=O) groups excluding carboxylic acids is 2. The third-order valence-electron chi connectivity index (χ3n) is 1.64. The van der Waals surface area contributed by atoms with Crippen molar-refractivity contribution in [1.82, 2.24) is 0 Å². The summed E-state index contributed by atoms with van der Waals surface area (Å²) in [6.07, 6.45) is -0.287. The standard InChI is InChI=1S/C10H9ClFNO2/c1-6(14)5-9(15)13-10-7(11)3-2-4-8(10)12/h2-4H,5H2,1H3,(H,13,15). The molecule has 0 bridgehead atoms. The molecule has 1 aromatic rings. The van der Waals surface area contributed by atoms with Crippen molar-refractivity contribution in [1.29, 1.82) is 0 Å². The van der Waals surface area contributed by atoms with Gasteiger partial charge in [0.2, 0.25) is 5.91 Å². The van der Waals surface area contributed by atoms with Crippen LogP contribution in [0.3, 0.4) is 0 Å². The van der Waals surface area contributed by atoms with Crippen molar-refractivity contribution in [2.45, 2.75) is 13.3 Å². The molecular formula is C10H9ClFNO2. The molecule has 0 atom stereocenters. The SMILES string of the molecule is CC(=O)CC(=O)Nc1c(F)cccc1Cl. The molecule has 3 nitrogen and oxygen atoms in total. The van der Waals surface area contributed by atoms with Crippen molar-refractivity contribution in [2.75, 3.05) is 5.32 Å². The number of anilines is 1. The third kappa shape index (κ3) is 3.32. The molecule has 0 aliphatic carbocycles. The number of rotatable bonds is 3. The fourth-order valence-corrected chi connectivity index (χ4v) is 1.24. The minimum atomic E-state index is -0.626. The Labute approximate surface area is 91.2 Å². The summed E-state index contributed by atoms with van der Waals surface area (Å²) in [7, 11) is 0. The van der Waals surface area contributed by atoms with Crippen molar-refractivity contribution in [3.05, 3.63) is 29.0 Å². The molecule has 0 saturated carbocycles. The zero-order valence-corrected chi connectivity index (χ0v) is 8.77. The molecule has 0 aromatic heterocycles. The Balaban J connectivity index is 2.80. The molecule has 15 heavy (non-hydrogen) atoms. The Morgan fingerprint density at radius 2 is 2.13 bits per heavy atom. The zero-order chi connectivity index (χ0) is 11.4. The minimum Gasteiger partial charge on any atom is -0.322 e. The molecule has 0 aliphatic rings. The average molecular weight is 230 g/mol. The number of benzene rings is 1. The maximum atomic E-state index is 13.2. The Morgan fingerprint density at radius 1 is 1.47 bits per heavy atom. The van der Waals surface area contributed by atoms with Crippen LogP contribution in [0.15, 0.2) is 18.2 Å². The fourth-order valence-electron chi connectivity index (χ4n) is 1.03. The van der Waals surface area contributed by atoms with Crippen molar-refractivity contribution in [3.63, 3.8) is 0 Å². The molecule has 0 aliphatic heterocycles. The summed E-state index contributed by atoms with van der Waals surface area (Å²) in [6.45, 7) is 1.28. The highest BCUT2D eigenvalue weighted by atomic mass is 35.5. The number of ketones is 1. The van der Waals surface area contributed by atoms with Gasteiger partial charge in [0.15, 0.2) is 0 Å². The molecule has 80 valence electrons. The molecule has 1 amide bonds. The molecule has 1 rings (SSSR count). The van der Waals surface area contributed by atoms with E-state index in [1.807, 2.05) is 0 Å². The van der Waals surface area contributed by atoms with Crippen LogP contribution in [0, 0.1) is 5.82 Å². The highest BCUT2D eigenvalue weighted by Gasteiger charge is 2.11. The molecule has 1 aromatic carbocycles. The van der Waals surface area contributed by atoms with Gasteiger partial charge in [0, 0.05) is 0 Å². The summed E-state index contributed by atoms with van der Waals surface area (Å²) >= 11 is 5.67. The molecule has 0 unspecified atom stereocenters. The number of amides is 1. The monoisotopic (exact) mass is 229 g/mol. The number of nitrogens with one attached hydrogen (secondary N) is 1. The first-order valence-corrected chi connectivity index (χ1v) is 4.62. The summed E-state index contributed by atoms with van der Waals surface area (Å²) < 4.78 is 13.2. The zero-order valence-electron chi connectivity index (χ0n) is 8.01. The van der Waals surface area contributed by atoms with E-state index in [9.17, 15) is 14.0 Å². The summed E-state index contributed by atoms with van der Waals surface area (Å²) in [4.78, 5) is 21.8. The first kappa shape index (κ1) is 11.7. The maximum absolute atomic E-state index is 13.2. The average Bonchev–Trinajstić information content (AvgIpc) is 2.10. The van der Waals surface area contributed by atoms with Crippen LogP contribution in [0.1, 0.15) is 13.3 Å². The van der Waals surface area contributed by atoms with Crippen molar-refractivity contribution in [2.24, 2.45) is 0 Å². The van der Waals surface area contributed by atoms with E-state index < -0.39 is 11.7 Å². The van der Waals surface area contributed by atoms with E-state index in [2.05, 4.69) is 5.32 Å². The lowest BCUT2D eigenvalue weighted by molar-refractivity contribution is -0.124. The molecule has 0 fully saturated rings. The van der Waals surface area contributed by atoms with Crippen LogP contribution >= 0.6 is 11.6 Å². The predicted molar refractivity (Wildman–Crippen MR) is 55.3 cm³/mol. The molecule has 0 saturated heterocycles. The van der Waals surface area contributed by atoms with Crippen LogP contribution in [0.25, 0.3) is 0 Å². The summed E-state index contributed by atoms with van der Waals surface area (Å²) in [5.41, 5.74) is -0.0922. The number of hydrogen-bond donors (Lipinski definition) is 1. The summed E-state index contributed by atoms with van der Waals surface area (Å²) in [5.74, 6) is -1.49. The first-order chi connectivity index (χ1) is 7.00. The van der Waals surface area contributed by atoms with Crippen LogP contribution in [-0.2, 0) is 9.59 Å². The Bertz CT molecular complexity index is 386. The van der Waals surface area contributed by atoms with E-state index in [1.54, 1.807) is 0 Å². The van der Waals surface area contributed by atoms with Gasteiger partial charge in [-0.25, -0.2) is 4.39 Å². The van der Waals surface area contributed by atoms with Gasteiger partial charge in [-0.3, -0.25) is 9.59 Å². The van der Waals surface area contributed by atoms with E-state index in [1.165, 1.54) is 25.1 Å². The Kier molecular flexibility index (Phi) is 3.80. The Morgan fingerprint density at radius 3 is 2.67 bits per heavy atom. The van der Waals surface area contributed by atoms with Gasteiger partial charge < -0.3 is 5.32 Å². The van der Waals surface area contributed by atoms with Gasteiger partial charge in [-0.2, -0.15) is 0 Å². The van der Waals surface area contributed by atoms with Gasteiger partial charge in [-0.05, 0) is 19.1 Å². The summed E-state index contributed by atoms with van der Waals surface area (Å²) in [6, 6.07) is 4.06. The minimum absolute atomic E-state index is 0.0922. The molecule has 5 heteroatoms. The predicted octanol–water partition coefficient (Wildman–Crippen LogP) is 2.40. The van der Waals surface area contributed by atoms with E-state index in [4.69, 9.17) is 11.6 Å². The molecule has 0 heterocycles. The van der Waals surface area contributed by atoms with Gasteiger partial charge in [-0.15, -0.1) is 0 Å². The summed E-state index contributed by atoms with van der Waals surface area (Å²) in [5, 5.41) is 2.35. The molecule has 0 spiro atoms. The van der Waals surface area contributed by atoms with E-state index in [-0.39, 0.29) is 22.9 Å². The van der Waals surface area contributed by atoms with Crippen LogP contribution < -0.4 is 5.32 Å². The molecule has 0 radical (unpaired) electrons. The molecule has 1 N–H and O–H groups in total. The second-order valence-corrected chi connectivity index (χ2v) is 3.43. The number of hydrogen-bond acceptors (Lipinski definition) is 2. The van der Waals surface area contributed by atoms with Crippen LogP contribution in [0.4, 0.5) is 10.1 Å². The van der Waals surface area contributed by atoms with Crippen LogP contribution in [0.2, 0.25) is 5.02 Å². The second-order valence-electron chi connectivity index (χ2n) is 3.02.